The van der Waals surface area contributed by atoms with Gasteiger partial charge >= 0.3 is 12.1 Å². The lowest BCUT2D eigenvalue weighted by molar-refractivity contribution is -0.145. The Hall–Kier alpha value is -2.24. The van der Waals surface area contributed by atoms with Crippen LogP contribution < -0.4 is 4.74 Å². The Labute approximate surface area is 143 Å². The Morgan fingerprint density at radius 1 is 1.12 bits per heavy atom. The first-order valence-corrected chi connectivity index (χ1v) is 7.74. The van der Waals surface area contributed by atoms with Crippen molar-refractivity contribution in [3.05, 3.63) is 29.8 Å². The zero-order valence-corrected chi connectivity index (χ0v) is 15.4. The van der Waals surface area contributed by atoms with Crippen molar-refractivity contribution in [2.75, 3.05) is 14.2 Å². The van der Waals surface area contributed by atoms with Crippen LogP contribution in [0.1, 0.15) is 40.2 Å². The molecule has 0 bridgehead atoms. The van der Waals surface area contributed by atoms with Crippen molar-refractivity contribution in [3.63, 3.8) is 0 Å². The number of methoxy groups -OCH3 is 1. The van der Waals surface area contributed by atoms with Crippen molar-refractivity contribution in [1.29, 1.82) is 0 Å². The van der Waals surface area contributed by atoms with Gasteiger partial charge in [0.25, 0.3) is 0 Å². The van der Waals surface area contributed by atoms with E-state index in [0.717, 1.165) is 4.90 Å². The van der Waals surface area contributed by atoms with Crippen LogP contribution in [0.4, 0.5) is 4.79 Å². The maximum atomic E-state index is 12.3. The van der Waals surface area contributed by atoms with E-state index < -0.39 is 29.1 Å². The number of ether oxygens (including phenoxy) is 2. The van der Waals surface area contributed by atoms with Crippen LogP contribution in [0.25, 0.3) is 0 Å². The molecule has 0 aliphatic heterocycles. The first kappa shape index (κ1) is 19.8. The van der Waals surface area contributed by atoms with E-state index in [-0.39, 0.29) is 0 Å². The minimum Gasteiger partial charge on any atom is -0.496 e. The Balaban J connectivity index is 3.28. The van der Waals surface area contributed by atoms with E-state index in [1.807, 2.05) is 12.1 Å². The molecular formula is C18H27NO5. The van der Waals surface area contributed by atoms with Gasteiger partial charge in [-0.05, 0) is 26.8 Å². The van der Waals surface area contributed by atoms with Gasteiger partial charge in [0, 0.05) is 18.0 Å². The molecule has 1 rings (SSSR count). The van der Waals surface area contributed by atoms with Gasteiger partial charge in [0.1, 0.15) is 17.4 Å². The number of likely N-dealkylation sites (N-methyl/N-ethyl adjacent to an activating group) is 1. The van der Waals surface area contributed by atoms with E-state index in [9.17, 15) is 14.7 Å². The number of carbonyl (C=O) groups is 2. The quantitative estimate of drug-likeness (QED) is 0.892. The largest absolute Gasteiger partial charge is 0.496 e. The molecule has 0 saturated carbocycles. The van der Waals surface area contributed by atoms with E-state index in [4.69, 9.17) is 9.47 Å². The minimum atomic E-state index is -1.12. The third kappa shape index (κ3) is 4.40. The smallest absolute Gasteiger partial charge is 0.410 e. The molecule has 1 aromatic carbocycles. The molecule has 0 saturated heterocycles. The van der Waals surface area contributed by atoms with Crippen molar-refractivity contribution in [2.24, 2.45) is 0 Å². The van der Waals surface area contributed by atoms with Crippen molar-refractivity contribution in [1.82, 2.24) is 4.90 Å². The summed E-state index contributed by atoms with van der Waals surface area (Å²) in [4.78, 5) is 25.4. The monoisotopic (exact) mass is 337 g/mol. The normalized spacial score (nSPS) is 13.1. The van der Waals surface area contributed by atoms with Crippen LogP contribution in [-0.4, -0.2) is 47.9 Å². The van der Waals surface area contributed by atoms with Gasteiger partial charge in [-0.2, -0.15) is 0 Å². The molecule has 0 fully saturated rings. The zero-order chi connectivity index (χ0) is 18.7. The highest BCUT2D eigenvalue weighted by molar-refractivity contribution is 5.82. The van der Waals surface area contributed by atoms with Crippen LogP contribution in [-0.2, 0) is 14.9 Å². The standard InChI is InChI=1S/C18H27NO5/c1-17(2,3)24-16(22)19(6)14(15(20)21)18(4,5)12-10-8-9-11-13(12)23-7/h8-11,14H,1-7H3,(H,20,21)/t14-/m1/s1. The number of nitrogens with zero attached hydrogens (tertiary/aromatic N) is 1. The van der Waals surface area contributed by atoms with Gasteiger partial charge in [0.15, 0.2) is 0 Å². The molecule has 1 aromatic rings. The van der Waals surface area contributed by atoms with Crippen LogP contribution >= 0.6 is 0 Å². The van der Waals surface area contributed by atoms with E-state index in [1.165, 1.54) is 14.2 Å². The predicted molar refractivity (Wildman–Crippen MR) is 91.4 cm³/mol. The Kier molecular flexibility index (Phi) is 5.87. The highest BCUT2D eigenvalue weighted by Crippen LogP contribution is 2.36. The molecule has 0 radical (unpaired) electrons. The summed E-state index contributed by atoms with van der Waals surface area (Å²) in [5.41, 5.74) is -0.900. The summed E-state index contributed by atoms with van der Waals surface area (Å²) >= 11 is 0. The fourth-order valence-corrected chi connectivity index (χ4v) is 2.72. The van der Waals surface area contributed by atoms with Gasteiger partial charge in [-0.25, -0.2) is 9.59 Å². The molecule has 0 unspecified atom stereocenters. The van der Waals surface area contributed by atoms with Crippen molar-refractivity contribution < 1.29 is 24.2 Å². The second-order valence-electron chi connectivity index (χ2n) is 7.25. The lowest BCUT2D eigenvalue weighted by Gasteiger charge is -2.38. The average Bonchev–Trinajstić information content (AvgIpc) is 2.44. The fourth-order valence-electron chi connectivity index (χ4n) is 2.72. The second kappa shape index (κ2) is 7.11. The third-order valence-corrected chi connectivity index (χ3v) is 3.79. The lowest BCUT2D eigenvalue weighted by atomic mass is 9.76. The summed E-state index contributed by atoms with van der Waals surface area (Å²) in [5.74, 6) is -0.536. The number of aliphatic carboxylic acids is 1. The highest BCUT2D eigenvalue weighted by atomic mass is 16.6. The molecule has 1 amide bonds. The summed E-state index contributed by atoms with van der Waals surface area (Å²) in [6.45, 7) is 8.74. The van der Waals surface area contributed by atoms with Gasteiger partial charge in [-0.1, -0.05) is 32.0 Å². The van der Waals surface area contributed by atoms with Gasteiger partial charge in [0.05, 0.1) is 7.11 Å². The van der Waals surface area contributed by atoms with E-state index in [2.05, 4.69) is 0 Å². The van der Waals surface area contributed by atoms with Crippen molar-refractivity contribution in [2.45, 2.75) is 51.7 Å². The summed E-state index contributed by atoms with van der Waals surface area (Å²) < 4.78 is 10.7. The molecular weight excluding hydrogens is 310 g/mol. The van der Waals surface area contributed by atoms with Gasteiger partial charge < -0.3 is 14.6 Å². The van der Waals surface area contributed by atoms with Crippen LogP contribution in [0, 0.1) is 0 Å². The number of hydrogen-bond acceptors (Lipinski definition) is 4. The number of carboxylic acids is 1. The van der Waals surface area contributed by atoms with E-state index in [1.54, 1.807) is 46.8 Å². The first-order valence-electron chi connectivity index (χ1n) is 7.74. The van der Waals surface area contributed by atoms with E-state index >= 15 is 0 Å². The summed E-state index contributed by atoms with van der Waals surface area (Å²) in [5, 5.41) is 9.76. The SMILES string of the molecule is COc1ccccc1C(C)(C)[C@@H](C(=O)O)N(C)C(=O)OC(C)(C)C. The number of amides is 1. The van der Waals surface area contributed by atoms with Crippen molar-refractivity contribution >= 4 is 12.1 Å². The number of carbonyl (C=O) groups excluding carboxylic acids is 1. The van der Waals surface area contributed by atoms with Gasteiger partial charge in [-0.3, -0.25) is 4.90 Å². The van der Waals surface area contributed by atoms with Crippen molar-refractivity contribution in [3.8, 4) is 5.75 Å². The molecule has 0 aromatic heterocycles. The number of rotatable bonds is 5. The predicted octanol–water partition coefficient (Wildman–Crippen LogP) is 3.29. The molecule has 0 spiro atoms. The molecule has 6 heteroatoms. The number of hydrogen-bond donors (Lipinski definition) is 1. The van der Waals surface area contributed by atoms with Crippen LogP contribution in [0.15, 0.2) is 24.3 Å². The van der Waals surface area contributed by atoms with Crippen LogP contribution in [0.5, 0.6) is 5.75 Å². The molecule has 24 heavy (non-hydrogen) atoms. The third-order valence-electron chi connectivity index (χ3n) is 3.79. The molecule has 0 aliphatic rings. The maximum absolute atomic E-state index is 12.3. The molecule has 134 valence electrons. The Morgan fingerprint density at radius 3 is 2.12 bits per heavy atom. The molecule has 0 aliphatic carbocycles. The Morgan fingerprint density at radius 2 is 1.67 bits per heavy atom. The summed E-state index contributed by atoms with van der Waals surface area (Å²) in [7, 11) is 2.96. The average molecular weight is 337 g/mol. The topological polar surface area (TPSA) is 76.1 Å². The summed E-state index contributed by atoms with van der Waals surface area (Å²) in [6, 6.07) is 6.07. The molecule has 0 heterocycles. The Bertz CT molecular complexity index is 604. The summed E-state index contributed by atoms with van der Waals surface area (Å²) in [6.07, 6.45) is -0.683. The van der Waals surface area contributed by atoms with Gasteiger partial charge in [-0.15, -0.1) is 0 Å². The zero-order valence-electron chi connectivity index (χ0n) is 15.4. The minimum absolute atomic E-state index is 0.575. The first-order chi connectivity index (χ1) is 10.9. The second-order valence-corrected chi connectivity index (χ2v) is 7.25. The molecule has 6 nitrogen and oxygen atoms in total. The molecule has 1 N–H and O–H groups in total. The van der Waals surface area contributed by atoms with Crippen LogP contribution in [0.3, 0.4) is 0 Å². The lowest BCUT2D eigenvalue weighted by Crippen LogP contribution is -2.54. The number of carboxylic acid groups (broad SMARTS) is 1. The highest BCUT2D eigenvalue weighted by Gasteiger charge is 2.44. The number of benzene rings is 1. The van der Waals surface area contributed by atoms with Crippen LogP contribution in [0.2, 0.25) is 0 Å². The molecule has 1 atom stereocenters. The number of para-hydroxylation sites is 1. The fraction of sp³-hybridized carbons (Fsp3) is 0.556. The van der Waals surface area contributed by atoms with Gasteiger partial charge in [0.2, 0.25) is 0 Å². The van der Waals surface area contributed by atoms with E-state index in [0.29, 0.717) is 11.3 Å². The maximum Gasteiger partial charge on any atom is 0.410 e.